The molecule has 5 nitrogen and oxygen atoms in total. The molecule has 22 heavy (non-hydrogen) atoms. The molecule has 0 aromatic heterocycles. The lowest BCUT2D eigenvalue weighted by atomic mass is 10.0. The summed E-state index contributed by atoms with van der Waals surface area (Å²) in [5.74, 6) is 0.0882. The molecule has 0 atom stereocenters. The predicted molar refractivity (Wildman–Crippen MR) is 84.5 cm³/mol. The SMILES string of the molecule is O=P(O)(O)c1cc(O)ccc1CCCCc1ccc(O)cc1. The highest BCUT2D eigenvalue weighted by atomic mass is 31.2. The van der Waals surface area contributed by atoms with Crippen LogP contribution in [0.2, 0.25) is 0 Å². The number of hydrogen-bond donors (Lipinski definition) is 4. The summed E-state index contributed by atoms with van der Waals surface area (Å²) < 4.78 is 11.5. The number of phenols is 2. The van der Waals surface area contributed by atoms with Gasteiger partial charge in [-0.05, 0) is 61.1 Å². The third-order valence-corrected chi connectivity index (χ3v) is 4.52. The van der Waals surface area contributed by atoms with Crippen molar-refractivity contribution in [2.24, 2.45) is 0 Å². The molecule has 0 saturated heterocycles. The molecule has 0 bridgehead atoms. The summed E-state index contributed by atoms with van der Waals surface area (Å²) in [5, 5.41) is 18.5. The first kappa shape index (κ1) is 16.6. The van der Waals surface area contributed by atoms with Gasteiger partial charge in [0.2, 0.25) is 0 Å². The normalized spacial score (nSPS) is 11.5. The number of phenolic OH excluding ortho intramolecular Hbond substituents is 2. The summed E-state index contributed by atoms with van der Waals surface area (Å²) in [6.07, 6.45) is 3.02. The van der Waals surface area contributed by atoms with Crippen molar-refractivity contribution in [3.05, 3.63) is 53.6 Å². The maximum absolute atomic E-state index is 11.5. The van der Waals surface area contributed by atoms with Crippen molar-refractivity contribution in [3.8, 4) is 11.5 Å². The van der Waals surface area contributed by atoms with Crippen LogP contribution in [0.3, 0.4) is 0 Å². The Morgan fingerprint density at radius 3 is 2.05 bits per heavy atom. The van der Waals surface area contributed by atoms with E-state index in [0.29, 0.717) is 12.0 Å². The summed E-state index contributed by atoms with van der Waals surface area (Å²) in [7, 11) is -4.38. The Bertz CT molecular complexity index is 675. The van der Waals surface area contributed by atoms with Crippen molar-refractivity contribution < 1.29 is 24.6 Å². The lowest BCUT2D eigenvalue weighted by Gasteiger charge is -2.11. The van der Waals surface area contributed by atoms with E-state index in [-0.39, 0.29) is 16.8 Å². The maximum Gasteiger partial charge on any atom is 0.356 e. The third kappa shape index (κ3) is 4.60. The molecular weight excluding hydrogens is 303 g/mol. The summed E-state index contributed by atoms with van der Waals surface area (Å²) in [5.41, 5.74) is 1.68. The third-order valence-electron chi connectivity index (χ3n) is 3.48. The molecule has 2 aromatic carbocycles. The van der Waals surface area contributed by atoms with Crippen LogP contribution in [0.1, 0.15) is 24.0 Å². The Kier molecular flexibility index (Phi) is 5.24. The van der Waals surface area contributed by atoms with Gasteiger partial charge in [-0.1, -0.05) is 18.2 Å². The van der Waals surface area contributed by atoms with E-state index in [1.165, 1.54) is 6.07 Å². The molecule has 0 radical (unpaired) electrons. The first-order chi connectivity index (χ1) is 10.4. The van der Waals surface area contributed by atoms with Crippen LogP contribution in [0.4, 0.5) is 0 Å². The van der Waals surface area contributed by atoms with E-state index in [9.17, 15) is 24.6 Å². The Hall–Kier alpha value is -1.81. The van der Waals surface area contributed by atoms with Gasteiger partial charge in [-0.3, -0.25) is 4.57 Å². The molecular formula is C16H19O5P. The number of rotatable bonds is 6. The smallest absolute Gasteiger partial charge is 0.356 e. The van der Waals surface area contributed by atoms with Crippen molar-refractivity contribution in [2.45, 2.75) is 25.7 Å². The van der Waals surface area contributed by atoms with Gasteiger partial charge in [0.25, 0.3) is 0 Å². The molecule has 0 saturated carbocycles. The average Bonchev–Trinajstić information content (AvgIpc) is 2.45. The van der Waals surface area contributed by atoms with Crippen molar-refractivity contribution in [1.82, 2.24) is 0 Å². The van der Waals surface area contributed by atoms with Crippen molar-refractivity contribution in [3.63, 3.8) is 0 Å². The molecule has 2 rings (SSSR count). The Labute approximate surface area is 129 Å². The second-order valence-corrected chi connectivity index (χ2v) is 6.80. The molecule has 0 aliphatic heterocycles. The van der Waals surface area contributed by atoms with Crippen LogP contribution in [0, 0.1) is 0 Å². The van der Waals surface area contributed by atoms with Crippen LogP contribution < -0.4 is 5.30 Å². The van der Waals surface area contributed by atoms with Gasteiger partial charge in [-0.2, -0.15) is 0 Å². The average molecular weight is 322 g/mol. The number of unbranched alkanes of at least 4 members (excludes halogenated alkanes) is 1. The van der Waals surface area contributed by atoms with E-state index in [1.54, 1.807) is 18.2 Å². The van der Waals surface area contributed by atoms with Crippen LogP contribution in [0.25, 0.3) is 0 Å². The highest BCUT2D eigenvalue weighted by molar-refractivity contribution is 7.60. The summed E-state index contributed by atoms with van der Waals surface area (Å²) in [6, 6.07) is 11.1. The summed E-state index contributed by atoms with van der Waals surface area (Å²) >= 11 is 0. The van der Waals surface area contributed by atoms with Crippen LogP contribution in [0.5, 0.6) is 11.5 Å². The monoisotopic (exact) mass is 322 g/mol. The van der Waals surface area contributed by atoms with E-state index >= 15 is 0 Å². The second kappa shape index (κ2) is 6.97. The van der Waals surface area contributed by atoms with Gasteiger partial charge in [0.05, 0.1) is 5.30 Å². The molecule has 0 fully saturated rings. The topological polar surface area (TPSA) is 98.0 Å². The molecule has 0 spiro atoms. The van der Waals surface area contributed by atoms with Crippen molar-refractivity contribution in [2.75, 3.05) is 0 Å². The highest BCUT2D eigenvalue weighted by Gasteiger charge is 2.21. The van der Waals surface area contributed by atoms with Gasteiger partial charge < -0.3 is 20.0 Å². The van der Waals surface area contributed by atoms with E-state index in [4.69, 9.17) is 0 Å². The molecule has 0 aliphatic carbocycles. The highest BCUT2D eigenvalue weighted by Crippen LogP contribution is 2.36. The number of hydrogen-bond acceptors (Lipinski definition) is 3. The van der Waals surface area contributed by atoms with Crippen LogP contribution in [-0.2, 0) is 17.4 Å². The van der Waals surface area contributed by atoms with Gasteiger partial charge in [0.1, 0.15) is 11.5 Å². The molecule has 118 valence electrons. The van der Waals surface area contributed by atoms with Gasteiger partial charge >= 0.3 is 7.60 Å². The summed E-state index contributed by atoms with van der Waals surface area (Å²) in [6.45, 7) is 0. The lowest BCUT2D eigenvalue weighted by Crippen LogP contribution is -2.11. The largest absolute Gasteiger partial charge is 0.508 e. The minimum absolute atomic E-state index is 0.0999. The van der Waals surface area contributed by atoms with Gasteiger partial charge in [-0.15, -0.1) is 0 Å². The lowest BCUT2D eigenvalue weighted by molar-refractivity contribution is 0.386. The molecule has 0 unspecified atom stereocenters. The van der Waals surface area contributed by atoms with E-state index in [1.807, 2.05) is 12.1 Å². The summed E-state index contributed by atoms with van der Waals surface area (Å²) in [4.78, 5) is 18.7. The molecule has 0 heterocycles. The Balaban J connectivity index is 1.94. The van der Waals surface area contributed by atoms with E-state index in [0.717, 1.165) is 30.9 Å². The number of benzene rings is 2. The van der Waals surface area contributed by atoms with Crippen LogP contribution >= 0.6 is 7.60 Å². The first-order valence-corrected chi connectivity index (χ1v) is 8.63. The first-order valence-electron chi connectivity index (χ1n) is 7.02. The van der Waals surface area contributed by atoms with Gasteiger partial charge in [0, 0.05) is 0 Å². The predicted octanol–water partition coefficient (Wildman–Crippen LogP) is 2.47. The molecule has 6 heteroatoms. The Morgan fingerprint density at radius 1 is 0.818 bits per heavy atom. The van der Waals surface area contributed by atoms with Gasteiger partial charge in [-0.25, -0.2) is 0 Å². The second-order valence-electron chi connectivity index (χ2n) is 5.23. The van der Waals surface area contributed by atoms with E-state index in [2.05, 4.69) is 0 Å². The van der Waals surface area contributed by atoms with Crippen LogP contribution in [0.15, 0.2) is 42.5 Å². The van der Waals surface area contributed by atoms with Crippen molar-refractivity contribution >= 4 is 12.9 Å². The maximum atomic E-state index is 11.5. The fourth-order valence-corrected chi connectivity index (χ4v) is 3.20. The zero-order valence-corrected chi connectivity index (χ0v) is 12.9. The fourth-order valence-electron chi connectivity index (χ4n) is 2.34. The molecule has 4 N–H and O–H groups in total. The zero-order chi connectivity index (χ0) is 16.2. The minimum atomic E-state index is -4.38. The van der Waals surface area contributed by atoms with Crippen LogP contribution in [-0.4, -0.2) is 20.0 Å². The molecule has 0 amide bonds. The Morgan fingerprint density at radius 2 is 1.41 bits per heavy atom. The van der Waals surface area contributed by atoms with E-state index < -0.39 is 7.60 Å². The number of aryl methyl sites for hydroxylation is 2. The quantitative estimate of drug-likeness (QED) is 0.484. The molecule has 0 aliphatic rings. The zero-order valence-electron chi connectivity index (χ0n) is 12.0. The minimum Gasteiger partial charge on any atom is -0.508 e. The fraction of sp³-hybridized carbons (Fsp3) is 0.250. The van der Waals surface area contributed by atoms with Crippen molar-refractivity contribution in [1.29, 1.82) is 0 Å². The molecule has 2 aromatic rings. The standard InChI is InChI=1S/C16H19O5P/c17-14-8-5-12(6-9-14)3-1-2-4-13-7-10-15(18)11-16(13)22(19,20)21/h5-11,17-18H,1-4H2,(H2,19,20,21). The number of aromatic hydroxyl groups is 2. The van der Waals surface area contributed by atoms with Gasteiger partial charge in [0.15, 0.2) is 0 Å².